The summed E-state index contributed by atoms with van der Waals surface area (Å²) in [5.74, 6) is 1.55. The number of hydrogen-bond acceptors (Lipinski definition) is 9. The van der Waals surface area contributed by atoms with Gasteiger partial charge in [-0.25, -0.2) is 18.2 Å². The Morgan fingerprint density at radius 3 is 2.44 bits per heavy atom. The molecule has 1 aliphatic rings. The third-order valence-corrected chi connectivity index (χ3v) is 7.78. The molecule has 4 aromatic rings. The lowest BCUT2D eigenvalue weighted by atomic mass is 9.86. The summed E-state index contributed by atoms with van der Waals surface area (Å²) >= 11 is 0. The maximum Gasteiger partial charge on any atom is 0.323 e. The van der Waals surface area contributed by atoms with E-state index in [1.54, 1.807) is 36.5 Å². The van der Waals surface area contributed by atoms with E-state index in [0.29, 0.717) is 35.5 Å². The number of aromatic nitrogens is 2. The van der Waals surface area contributed by atoms with E-state index >= 15 is 0 Å². The fourth-order valence-electron chi connectivity index (χ4n) is 5.00. The van der Waals surface area contributed by atoms with Gasteiger partial charge in [-0.3, -0.25) is 4.72 Å². The van der Waals surface area contributed by atoms with Gasteiger partial charge in [-0.05, 0) is 48.1 Å². The van der Waals surface area contributed by atoms with Gasteiger partial charge in [0.05, 0.1) is 36.5 Å². The number of ether oxygens (including phenoxy) is 3. The molecule has 238 valence electrons. The van der Waals surface area contributed by atoms with Gasteiger partial charge in [0.1, 0.15) is 5.75 Å². The molecule has 45 heavy (non-hydrogen) atoms. The number of hydrogen-bond donors (Lipinski definition) is 4. The van der Waals surface area contributed by atoms with Crippen molar-refractivity contribution in [1.82, 2.24) is 9.97 Å². The Morgan fingerprint density at radius 2 is 1.76 bits per heavy atom. The lowest BCUT2D eigenvalue weighted by Crippen LogP contribution is -2.22. The second-order valence-corrected chi connectivity index (χ2v) is 13.5. The number of urea groups is 1. The Kier molecular flexibility index (Phi) is 9.30. The SMILES string of the molecule is COc1c(NC(=O)Nc2ccc(Oc3ccnc(NCC4CCCO4)n3)c3ccccc23)cc(C(C)(C)C)cc1NS(C)(=O)=O. The van der Waals surface area contributed by atoms with Gasteiger partial charge in [0.25, 0.3) is 0 Å². The molecule has 4 N–H and O–H groups in total. The van der Waals surface area contributed by atoms with Crippen LogP contribution in [-0.2, 0) is 20.2 Å². The molecule has 0 radical (unpaired) electrons. The van der Waals surface area contributed by atoms with Crippen molar-refractivity contribution in [1.29, 1.82) is 0 Å². The highest BCUT2D eigenvalue weighted by Crippen LogP contribution is 2.39. The first kappa shape index (κ1) is 31.8. The highest BCUT2D eigenvalue weighted by Gasteiger charge is 2.23. The summed E-state index contributed by atoms with van der Waals surface area (Å²) in [7, 11) is -2.20. The largest absolute Gasteiger partial charge is 0.492 e. The van der Waals surface area contributed by atoms with Crippen LogP contribution in [0.1, 0.15) is 39.2 Å². The first-order chi connectivity index (χ1) is 21.4. The smallest absolute Gasteiger partial charge is 0.323 e. The van der Waals surface area contributed by atoms with Crippen molar-refractivity contribution in [3.05, 3.63) is 66.4 Å². The number of fused-ring (bicyclic) bond motifs is 1. The van der Waals surface area contributed by atoms with Crippen LogP contribution in [0, 0.1) is 0 Å². The van der Waals surface area contributed by atoms with Crippen molar-refractivity contribution in [2.75, 3.05) is 47.2 Å². The molecule has 3 aromatic carbocycles. The molecule has 1 fully saturated rings. The van der Waals surface area contributed by atoms with E-state index in [9.17, 15) is 13.2 Å². The lowest BCUT2D eigenvalue weighted by molar-refractivity contribution is 0.120. The molecule has 1 unspecified atom stereocenters. The monoisotopic (exact) mass is 634 g/mol. The number of benzene rings is 3. The van der Waals surface area contributed by atoms with Gasteiger partial charge in [-0.15, -0.1) is 0 Å². The Bertz CT molecular complexity index is 1800. The average molecular weight is 635 g/mol. The van der Waals surface area contributed by atoms with Crippen LogP contribution < -0.4 is 30.1 Å². The average Bonchev–Trinajstić information content (AvgIpc) is 3.50. The van der Waals surface area contributed by atoms with Gasteiger partial charge >= 0.3 is 6.03 Å². The zero-order chi connectivity index (χ0) is 32.2. The summed E-state index contributed by atoms with van der Waals surface area (Å²) in [5, 5.41) is 10.4. The predicted octanol–water partition coefficient (Wildman–Crippen LogP) is 6.33. The maximum atomic E-state index is 13.3. The zero-order valence-electron chi connectivity index (χ0n) is 25.9. The van der Waals surface area contributed by atoms with Crippen molar-refractivity contribution in [2.24, 2.45) is 0 Å². The molecular formula is C32H38N6O6S. The first-order valence-electron chi connectivity index (χ1n) is 14.6. The molecule has 0 bridgehead atoms. The lowest BCUT2D eigenvalue weighted by Gasteiger charge is -2.24. The molecule has 1 atom stereocenters. The summed E-state index contributed by atoms with van der Waals surface area (Å²) in [5.41, 5.74) is 1.53. The van der Waals surface area contributed by atoms with E-state index in [1.165, 1.54) is 7.11 Å². The van der Waals surface area contributed by atoms with Crippen molar-refractivity contribution in [2.45, 2.75) is 45.1 Å². The van der Waals surface area contributed by atoms with Gasteiger partial charge in [0.15, 0.2) is 5.75 Å². The van der Waals surface area contributed by atoms with Crippen molar-refractivity contribution >= 4 is 49.8 Å². The number of nitrogens with one attached hydrogen (secondary N) is 4. The molecule has 12 nitrogen and oxygen atoms in total. The normalized spacial score (nSPS) is 15.0. The van der Waals surface area contributed by atoms with Crippen LogP contribution in [0.5, 0.6) is 17.4 Å². The van der Waals surface area contributed by atoms with Gasteiger partial charge in [-0.1, -0.05) is 45.0 Å². The molecule has 1 aromatic heterocycles. The fourth-order valence-corrected chi connectivity index (χ4v) is 5.55. The van der Waals surface area contributed by atoms with E-state index in [4.69, 9.17) is 14.2 Å². The van der Waals surface area contributed by atoms with Crippen LogP contribution in [0.2, 0.25) is 0 Å². The number of rotatable bonds is 10. The van der Waals surface area contributed by atoms with Crippen molar-refractivity contribution in [3.8, 4) is 17.4 Å². The highest BCUT2D eigenvalue weighted by molar-refractivity contribution is 7.92. The van der Waals surface area contributed by atoms with E-state index in [1.807, 2.05) is 45.0 Å². The van der Waals surface area contributed by atoms with E-state index < -0.39 is 16.1 Å². The topological polar surface area (TPSA) is 153 Å². The van der Waals surface area contributed by atoms with E-state index in [2.05, 4.69) is 30.6 Å². The number of nitrogens with zero attached hydrogens (tertiary/aromatic N) is 2. The maximum absolute atomic E-state index is 13.3. The summed E-state index contributed by atoms with van der Waals surface area (Å²) in [6, 6.07) is 15.6. The molecule has 2 amide bonds. The van der Waals surface area contributed by atoms with Crippen molar-refractivity contribution in [3.63, 3.8) is 0 Å². The van der Waals surface area contributed by atoms with Gasteiger partial charge < -0.3 is 30.2 Å². The minimum Gasteiger partial charge on any atom is -0.492 e. The van der Waals surface area contributed by atoms with Gasteiger partial charge in [0.2, 0.25) is 21.9 Å². The minimum absolute atomic E-state index is 0.147. The molecule has 0 spiro atoms. The third-order valence-electron chi connectivity index (χ3n) is 7.19. The molecule has 0 saturated carbocycles. The molecule has 1 aliphatic heterocycles. The van der Waals surface area contributed by atoms with Crippen molar-refractivity contribution < 1.29 is 27.4 Å². The number of sulfonamides is 1. The Hall–Kier alpha value is -4.62. The zero-order valence-corrected chi connectivity index (χ0v) is 26.7. The van der Waals surface area contributed by atoms with Gasteiger partial charge in [-0.2, -0.15) is 4.98 Å². The van der Waals surface area contributed by atoms with E-state index in [-0.39, 0.29) is 23.0 Å². The second kappa shape index (κ2) is 13.2. The minimum atomic E-state index is -3.61. The molecule has 13 heteroatoms. The van der Waals surface area contributed by atoms with Crippen LogP contribution >= 0.6 is 0 Å². The Labute approximate surface area is 263 Å². The van der Waals surface area contributed by atoms with Crippen LogP contribution in [0.15, 0.2) is 60.8 Å². The summed E-state index contributed by atoms with van der Waals surface area (Å²) < 4.78 is 44.0. The van der Waals surface area contributed by atoms with Crippen LogP contribution in [-0.4, -0.2) is 57.0 Å². The fraction of sp³-hybridized carbons (Fsp3) is 0.344. The Morgan fingerprint density at radius 1 is 1.02 bits per heavy atom. The molecule has 1 saturated heterocycles. The number of anilines is 4. The molecular weight excluding hydrogens is 596 g/mol. The second-order valence-electron chi connectivity index (χ2n) is 11.8. The summed E-state index contributed by atoms with van der Waals surface area (Å²) in [4.78, 5) is 22.1. The van der Waals surface area contributed by atoms with Crippen LogP contribution in [0.3, 0.4) is 0 Å². The quantitative estimate of drug-likeness (QED) is 0.157. The third kappa shape index (κ3) is 8.11. The summed E-state index contributed by atoms with van der Waals surface area (Å²) in [6.07, 6.45) is 4.89. The van der Waals surface area contributed by atoms with Crippen LogP contribution in [0.4, 0.5) is 27.8 Å². The Balaban J connectivity index is 1.37. The van der Waals surface area contributed by atoms with E-state index in [0.717, 1.165) is 42.0 Å². The number of methoxy groups -OCH3 is 1. The molecule has 2 heterocycles. The number of amides is 2. The standard InChI is InChI=1S/C32H38N6O6S/c1-32(2,3)20-17-25(29(42-4)26(18-20)38-45(5,40)41)36-31(39)35-24-12-13-27(23-11-7-6-10-22(23)24)44-28-14-15-33-30(37-28)34-19-21-9-8-16-43-21/h6-7,10-15,17-18,21,38H,8-9,16,19H2,1-5H3,(H,33,34,37)(H2,35,36,39). The number of carbonyl (C=O) groups is 1. The number of carbonyl (C=O) groups excluding carboxylic acids is 1. The highest BCUT2D eigenvalue weighted by atomic mass is 32.2. The van der Waals surface area contributed by atoms with Gasteiger partial charge in [0, 0.05) is 36.2 Å². The molecule has 5 rings (SSSR count). The predicted molar refractivity (Wildman–Crippen MR) is 176 cm³/mol. The van der Waals surface area contributed by atoms with Crippen LogP contribution in [0.25, 0.3) is 10.8 Å². The molecule has 0 aliphatic carbocycles. The first-order valence-corrected chi connectivity index (χ1v) is 16.5. The summed E-state index contributed by atoms with van der Waals surface area (Å²) in [6.45, 7) is 7.36.